The van der Waals surface area contributed by atoms with Gasteiger partial charge >= 0.3 is 0 Å². The van der Waals surface area contributed by atoms with Crippen molar-refractivity contribution in [3.63, 3.8) is 0 Å². The Labute approximate surface area is 135 Å². The lowest BCUT2D eigenvalue weighted by Crippen LogP contribution is -2.65. The van der Waals surface area contributed by atoms with E-state index in [-0.39, 0.29) is 0 Å². The highest BCUT2D eigenvalue weighted by molar-refractivity contribution is 8.35. The molecule has 0 nitrogen and oxygen atoms in total. The number of hydrogen-bond acceptors (Lipinski definition) is 2. The summed E-state index contributed by atoms with van der Waals surface area (Å²) in [5.41, 5.74) is 1.45. The second kappa shape index (κ2) is 4.16. The van der Waals surface area contributed by atoms with Crippen molar-refractivity contribution in [2.45, 2.75) is 90.2 Å². The molecule has 0 aromatic carbocycles. The van der Waals surface area contributed by atoms with Crippen molar-refractivity contribution in [3.8, 4) is 0 Å². The first-order valence-corrected chi connectivity index (χ1v) is 9.66. The van der Waals surface area contributed by atoms with Crippen LogP contribution in [0.5, 0.6) is 0 Å². The fourth-order valence-electron chi connectivity index (χ4n) is 4.56. The summed E-state index contributed by atoms with van der Waals surface area (Å²) >= 11 is 4.64. The second-order valence-corrected chi connectivity index (χ2v) is 13.6. The predicted octanol–water partition coefficient (Wildman–Crippen LogP) is 6.80. The van der Waals surface area contributed by atoms with Gasteiger partial charge in [-0.3, -0.25) is 0 Å². The molecule has 2 heteroatoms. The number of fused-ring (bicyclic) bond motifs is 3. The molecule has 0 atom stereocenters. The third kappa shape index (κ3) is 1.89. The van der Waals surface area contributed by atoms with Crippen LogP contribution in [-0.2, 0) is 0 Å². The third-order valence-electron chi connectivity index (χ3n) is 5.71. The lowest BCUT2D eigenvalue weighted by Gasteiger charge is -2.71. The first kappa shape index (κ1) is 17.1. The van der Waals surface area contributed by atoms with E-state index in [9.17, 15) is 0 Å². The predicted molar refractivity (Wildman–Crippen MR) is 96.4 cm³/mol. The summed E-state index contributed by atoms with van der Waals surface area (Å²) in [6.45, 7) is 24.7. The van der Waals surface area contributed by atoms with Crippen LogP contribution in [0, 0.1) is 21.7 Å². The van der Waals surface area contributed by atoms with Gasteiger partial charge in [0.2, 0.25) is 0 Å². The normalized spacial score (nSPS) is 39.9. The molecule has 0 unspecified atom stereocenters. The first-order valence-electron chi connectivity index (χ1n) is 8.02. The molecule has 3 rings (SSSR count). The summed E-state index contributed by atoms with van der Waals surface area (Å²) in [6.07, 6.45) is 2.68. The van der Waals surface area contributed by atoms with Crippen LogP contribution >= 0.6 is 23.5 Å². The largest absolute Gasteiger partial charge is 0.124 e. The molecule has 3 saturated heterocycles. The number of hydrogen-bond donors (Lipinski definition) is 0. The average molecular weight is 315 g/mol. The van der Waals surface area contributed by atoms with E-state index in [1.165, 1.54) is 12.8 Å². The Bertz CT molecular complexity index is 360. The molecular formula is C18H34S2. The van der Waals surface area contributed by atoms with Gasteiger partial charge in [0.1, 0.15) is 0 Å². The van der Waals surface area contributed by atoms with E-state index in [0.717, 1.165) is 0 Å². The summed E-state index contributed by atoms with van der Waals surface area (Å²) in [4.78, 5) is 0. The van der Waals surface area contributed by atoms with Gasteiger partial charge < -0.3 is 0 Å². The molecule has 0 spiro atoms. The van der Waals surface area contributed by atoms with E-state index in [0.29, 0.717) is 29.8 Å². The Morgan fingerprint density at radius 1 is 0.600 bits per heavy atom. The topological polar surface area (TPSA) is 0 Å². The Kier molecular flexibility index (Phi) is 3.55. The van der Waals surface area contributed by atoms with Crippen molar-refractivity contribution >= 4 is 23.5 Å². The van der Waals surface area contributed by atoms with Crippen molar-refractivity contribution in [1.29, 1.82) is 0 Å². The summed E-state index contributed by atoms with van der Waals surface area (Å²) in [6, 6.07) is 0. The Balaban J connectivity index is 2.57. The van der Waals surface area contributed by atoms with E-state index >= 15 is 0 Å². The van der Waals surface area contributed by atoms with Crippen molar-refractivity contribution in [1.82, 2.24) is 0 Å². The quantitative estimate of drug-likeness (QED) is 0.482. The van der Waals surface area contributed by atoms with Gasteiger partial charge in [-0.05, 0) is 34.5 Å². The monoisotopic (exact) mass is 314 g/mol. The van der Waals surface area contributed by atoms with Crippen molar-refractivity contribution in [2.75, 3.05) is 0 Å². The third-order valence-corrected chi connectivity index (χ3v) is 12.5. The van der Waals surface area contributed by atoms with Crippen LogP contribution in [0.1, 0.15) is 82.1 Å². The van der Waals surface area contributed by atoms with Crippen molar-refractivity contribution in [2.24, 2.45) is 21.7 Å². The molecule has 20 heavy (non-hydrogen) atoms. The molecule has 0 amide bonds. The first-order chi connectivity index (χ1) is 8.62. The van der Waals surface area contributed by atoms with Crippen LogP contribution in [-0.4, -0.2) is 8.16 Å². The van der Waals surface area contributed by atoms with E-state index in [2.05, 4.69) is 92.8 Å². The van der Waals surface area contributed by atoms with Gasteiger partial charge in [0.25, 0.3) is 0 Å². The second-order valence-electron chi connectivity index (χ2n) is 10.2. The molecule has 0 radical (unpaired) electrons. The van der Waals surface area contributed by atoms with E-state index in [4.69, 9.17) is 0 Å². The molecule has 0 saturated carbocycles. The Hall–Kier alpha value is 0.700. The zero-order valence-corrected chi connectivity index (χ0v) is 16.9. The van der Waals surface area contributed by atoms with Gasteiger partial charge in [-0.2, -0.15) is 0 Å². The molecule has 3 aliphatic rings. The van der Waals surface area contributed by atoms with Crippen molar-refractivity contribution < 1.29 is 0 Å². The minimum Gasteiger partial charge on any atom is -0.124 e. The molecule has 3 aliphatic heterocycles. The summed E-state index contributed by atoms with van der Waals surface area (Å²) in [5, 5.41) is 0. The molecule has 0 N–H and O–H groups in total. The van der Waals surface area contributed by atoms with Crippen molar-refractivity contribution in [3.05, 3.63) is 0 Å². The van der Waals surface area contributed by atoms with Crippen LogP contribution < -0.4 is 0 Å². The van der Waals surface area contributed by atoms with Gasteiger partial charge in [0.05, 0.1) is 8.16 Å². The van der Waals surface area contributed by atoms with Gasteiger partial charge in [-0.1, -0.05) is 69.2 Å². The highest BCUT2D eigenvalue weighted by Gasteiger charge is 2.75. The summed E-state index contributed by atoms with van der Waals surface area (Å²) in [5.74, 6) is 0. The number of rotatable bonds is 0. The smallest absolute Gasteiger partial charge is 0.0738 e. The Morgan fingerprint density at radius 3 is 1.05 bits per heavy atom. The molecule has 0 aliphatic carbocycles. The van der Waals surface area contributed by atoms with Gasteiger partial charge in [-0.25, -0.2) is 0 Å². The Morgan fingerprint density at radius 2 is 0.850 bits per heavy atom. The SMILES string of the molecule is CC(C)(C)C12SC(C(C)(C)C)(S1)C(C)(C)CCC2(C)C. The zero-order valence-electron chi connectivity index (χ0n) is 15.2. The zero-order chi connectivity index (χ0) is 15.8. The maximum atomic E-state index is 2.51. The fraction of sp³-hybridized carbons (Fsp3) is 1.00. The van der Waals surface area contributed by atoms with Crippen LogP contribution in [0.25, 0.3) is 0 Å². The van der Waals surface area contributed by atoms with E-state index in [1.807, 2.05) is 0 Å². The molecule has 3 fully saturated rings. The average Bonchev–Trinajstić information content (AvgIpc) is 2.18. The van der Waals surface area contributed by atoms with Gasteiger partial charge in [0.15, 0.2) is 0 Å². The molecule has 0 aromatic rings. The molecule has 0 aromatic heterocycles. The van der Waals surface area contributed by atoms with Gasteiger partial charge in [-0.15, -0.1) is 23.5 Å². The van der Waals surface area contributed by atoms with E-state index in [1.54, 1.807) is 0 Å². The minimum atomic E-state index is 0.334. The standard InChI is InChI=1S/C18H34S2/c1-13(2,3)17-15(7,8)11-12-16(9,10)18(19-17,20-17)14(4,5)6/h11-12H2,1-10H3. The highest BCUT2D eigenvalue weighted by atomic mass is 32.3. The van der Waals surface area contributed by atoms with Crippen LogP contribution in [0.15, 0.2) is 0 Å². The van der Waals surface area contributed by atoms with Crippen LogP contribution in [0.2, 0.25) is 0 Å². The minimum absolute atomic E-state index is 0.334. The molecule has 3 heterocycles. The number of thioether (sulfide) groups is 2. The lowest BCUT2D eigenvalue weighted by molar-refractivity contribution is 0.173. The maximum absolute atomic E-state index is 2.51. The summed E-state index contributed by atoms with van der Waals surface area (Å²) in [7, 11) is 0. The van der Waals surface area contributed by atoms with Gasteiger partial charge in [0, 0.05) is 0 Å². The molecule has 2 bridgehead atoms. The highest BCUT2D eigenvalue weighted by Crippen LogP contribution is 2.86. The van der Waals surface area contributed by atoms with Crippen LogP contribution in [0.3, 0.4) is 0 Å². The van der Waals surface area contributed by atoms with E-state index < -0.39 is 0 Å². The molecule has 118 valence electrons. The summed E-state index contributed by atoms with van der Waals surface area (Å²) < 4.78 is 0.697. The maximum Gasteiger partial charge on any atom is 0.0738 e. The lowest BCUT2D eigenvalue weighted by atomic mass is 9.68. The molecular weight excluding hydrogens is 280 g/mol. The van der Waals surface area contributed by atoms with Crippen LogP contribution in [0.4, 0.5) is 0 Å². The fourth-order valence-corrected chi connectivity index (χ4v) is 9.37.